The van der Waals surface area contributed by atoms with Crippen LogP contribution in [0.15, 0.2) is 24.4 Å². The van der Waals surface area contributed by atoms with Gasteiger partial charge in [-0.15, -0.1) is 5.10 Å². The molecule has 2 heterocycles. The minimum atomic E-state index is -0.931. The second kappa shape index (κ2) is 5.70. The molecule has 1 aromatic carbocycles. The van der Waals surface area contributed by atoms with E-state index in [2.05, 4.69) is 10.3 Å². The van der Waals surface area contributed by atoms with Gasteiger partial charge in [-0.25, -0.2) is 9.07 Å². The Bertz CT molecular complexity index is 819. The Balaban J connectivity index is 1.81. The number of carboxylic acids is 1. The molecular formula is C16H17FN4O3. The SMILES string of the molecule is Cc1cc(F)ccc1-n1cc(C(=O)N2CCC(C)(C(=O)O)C2)nn1. The molecule has 0 bridgehead atoms. The van der Waals surface area contributed by atoms with E-state index in [9.17, 15) is 19.1 Å². The summed E-state index contributed by atoms with van der Waals surface area (Å²) in [5.41, 5.74) is 0.491. The lowest BCUT2D eigenvalue weighted by atomic mass is 9.90. The van der Waals surface area contributed by atoms with Crippen molar-refractivity contribution in [2.75, 3.05) is 13.1 Å². The Hall–Kier alpha value is -2.77. The summed E-state index contributed by atoms with van der Waals surface area (Å²) < 4.78 is 14.6. The Morgan fingerprint density at radius 2 is 2.12 bits per heavy atom. The standard InChI is InChI=1S/C16H17FN4O3/c1-10-7-11(17)3-4-13(10)21-8-12(18-19-21)14(22)20-6-5-16(2,9-20)15(23)24/h3-4,7-8H,5-6,9H2,1-2H3,(H,23,24). The summed E-state index contributed by atoms with van der Waals surface area (Å²) in [5, 5.41) is 17.0. The summed E-state index contributed by atoms with van der Waals surface area (Å²) in [6.07, 6.45) is 1.87. The van der Waals surface area contributed by atoms with Crippen molar-refractivity contribution in [1.82, 2.24) is 19.9 Å². The molecule has 7 nitrogen and oxygen atoms in total. The van der Waals surface area contributed by atoms with Crippen LogP contribution in [0.3, 0.4) is 0 Å². The summed E-state index contributed by atoms with van der Waals surface area (Å²) in [7, 11) is 0. The number of nitrogens with zero attached hydrogens (tertiary/aromatic N) is 4. The summed E-state index contributed by atoms with van der Waals surface area (Å²) >= 11 is 0. The van der Waals surface area contributed by atoms with Crippen molar-refractivity contribution in [3.8, 4) is 5.69 Å². The number of aliphatic carboxylic acids is 1. The second-order valence-electron chi connectivity index (χ2n) is 6.32. The number of hydrogen-bond donors (Lipinski definition) is 1. The highest BCUT2D eigenvalue weighted by Crippen LogP contribution is 2.30. The average Bonchev–Trinajstić information content (AvgIpc) is 3.14. The highest BCUT2D eigenvalue weighted by Gasteiger charge is 2.42. The molecule has 8 heteroatoms. The van der Waals surface area contributed by atoms with Crippen molar-refractivity contribution in [3.05, 3.63) is 41.5 Å². The van der Waals surface area contributed by atoms with E-state index in [0.29, 0.717) is 24.2 Å². The van der Waals surface area contributed by atoms with Gasteiger partial charge in [0.2, 0.25) is 0 Å². The molecule has 126 valence electrons. The quantitative estimate of drug-likeness (QED) is 0.923. The summed E-state index contributed by atoms with van der Waals surface area (Å²) in [4.78, 5) is 25.3. The van der Waals surface area contributed by atoms with E-state index in [4.69, 9.17) is 0 Å². The average molecular weight is 332 g/mol. The van der Waals surface area contributed by atoms with Crippen LogP contribution in [0.4, 0.5) is 4.39 Å². The number of carbonyl (C=O) groups is 2. The van der Waals surface area contributed by atoms with Crippen molar-refractivity contribution < 1.29 is 19.1 Å². The Morgan fingerprint density at radius 1 is 1.38 bits per heavy atom. The zero-order valence-corrected chi connectivity index (χ0v) is 13.4. The van der Waals surface area contributed by atoms with Crippen LogP contribution >= 0.6 is 0 Å². The fraction of sp³-hybridized carbons (Fsp3) is 0.375. The number of hydrogen-bond acceptors (Lipinski definition) is 4. The van der Waals surface area contributed by atoms with Gasteiger partial charge >= 0.3 is 5.97 Å². The number of likely N-dealkylation sites (tertiary alicyclic amines) is 1. The molecule has 1 aliphatic rings. The molecule has 1 amide bonds. The van der Waals surface area contributed by atoms with Gasteiger partial charge in [0.25, 0.3) is 5.91 Å². The Morgan fingerprint density at radius 3 is 2.75 bits per heavy atom. The first-order valence-electron chi connectivity index (χ1n) is 7.52. The van der Waals surface area contributed by atoms with Gasteiger partial charge < -0.3 is 10.0 Å². The first kappa shape index (κ1) is 16.1. The Labute approximate surface area is 137 Å². The lowest BCUT2D eigenvalue weighted by Crippen LogP contribution is -2.35. The molecule has 24 heavy (non-hydrogen) atoms. The monoisotopic (exact) mass is 332 g/mol. The molecule has 2 aromatic rings. The van der Waals surface area contributed by atoms with Gasteiger partial charge in [0.05, 0.1) is 17.3 Å². The second-order valence-corrected chi connectivity index (χ2v) is 6.32. The molecule has 1 aliphatic heterocycles. The summed E-state index contributed by atoms with van der Waals surface area (Å²) in [6.45, 7) is 3.87. The molecule has 0 radical (unpaired) electrons. The van der Waals surface area contributed by atoms with Gasteiger partial charge in [-0.05, 0) is 44.0 Å². The van der Waals surface area contributed by atoms with E-state index in [1.807, 2.05) is 0 Å². The third-order valence-corrected chi connectivity index (χ3v) is 4.40. The van der Waals surface area contributed by atoms with Crippen LogP contribution in [-0.4, -0.2) is 50.0 Å². The van der Waals surface area contributed by atoms with Crippen molar-refractivity contribution in [1.29, 1.82) is 0 Å². The van der Waals surface area contributed by atoms with Crippen molar-refractivity contribution in [2.24, 2.45) is 5.41 Å². The fourth-order valence-electron chi connectivity index (χ4n) is 2.83. The van der Waals surface area contributed by atoms with Crippen LogP contribution in [0.25, 0.3) is 5.69 Å². The van der Waals surface area contributed by atoms with E-state index < -0.39 is 11.4 Å². The molecule has 0 spiro atoms. The number of amides is 1. The first-order chi connectivity index (χ1) is 11.3. The molecule has 1 N–H and O–H groups in total. The molecular weight excluding hydrogens is 315 g/mol. The van der Waals surface area contributed by atoms with Crippen LogP contribution in [0.2, 0.25) is 0 Å². The van der Waals surface area contributed by atoms with E-state index in [1.165, 1.54) is 27.9 Å². The topological polar surface area (TPSA) is 88.3 Å². The zero-order chi connectivity index (χ0) is 17.5. The molecule has 1 atom stereocenters. The number of carbonyl (C=O) groups excluding carboxylic acids is 1. The third-order valence-electron chi connectivity index (χ3n) is 4.40. The molecule has 1 fully saturated rings. The molecule has 0 saturated carbocycles. The molecule has 0 aliphatic carbocycles. The third kappa shape index (κ3) is 2.75. The summed E-state index contributed by atoms with van der Waals surface area (Å²) in [5.74, 6) is -1.62. The van der Waals surface area contributed by atoms with E-state index in [0.717, 1.165) is 0 Å². The van der Waals surface area contributed by atoms with Gasteiger partial charge in [-0.1, -0.05) is 5.21 Å². The highest BCUT2D eigenvalue weighted by molar-refractivity contribution is 5.93. The fourth-order valence-corrected chi connectivity index (χ4v) is 2.83. The normalized spacial score (nSPS) is 20.4. The lowest BCUT2D eigenvalue weighted by Gasteiger charge is -2.19. The van der Waals surface area contributed by atoms with Crippen molar-refractivity contribution >= 4 is 11.9 Å². The maximum absolute atomic E-state index is 13.2. The number of carboxylic acid groups (broad SMARTS) is 1. The van der Waals surface area contributed by atoms with Gasteiger partial charge in [0.1, 0.15) is 5.82 Å². The molecule has 1 unspecified atom stereocenters. The Kier molecular flexibility index (Phi) is 3.82. The number of aryl methyl sites for hydroxylation is 1. The minimum absolute atomic E-state index is 0.133. The van der Waals surface area contributed by atoms with Gasteiger partial charge in [0, 0.05) is 13.1 Å². The lowest BCUT2D eigenvalue weighted by molar-refractivity contribution is -0.147. The van der Waals surface area contributed by atoms with Gasteiger partial charge in [0.15, 0.2) is 5.69 Å². The van der Waals surface area contributed by atoms with Crippen LogP contribution in [0.1, 0.15) is 29.4 Å². The summed E-state index contributed by atoms with van der Waals surface area (Å²) in [6, 6.07) is 4.24. The minimum Gasteiger partial charge on any atom is -0.481 e. The van der Waals surface area contributed by atoms with Crippen LogP contribution in [0.5, 0.6) is 0 Å². The predicted octanol–water partition coefficient (Wildman–Crippen LogP) is 1.65. The highest BCUT2D eigenvalue weighted by atomic mass is 19.1. The van der Waals surface area contributed by atoms with Gasteiger partial charge in [-0.2, -0.15) is 0 Å². The maximum Gasteiger partial charge on any atom is 0.311 e. The number of halogens is 1. The predicted molar refractivity (Wildman–Crippen MR) is 82.3 cm³/mol. The van der Waals surface area contributed by atoms with Crippen molar-refractivity contribution in [3.63, 3.8) is 0 Å². The smallest absolute Gasteiger partial charge is 0.311 e. The van der Waals surface area contributed by atoms with Crippen LogP contribution in [-0.2, 0) is 4.79 Å². The van der Waals surface area contributed by atoms with E-state index >= 15 is 0 Å². The van der Waals surface area contributed by atoms with E-state index in [-0.39, 0.29) is 24.0 Å². The van der Waals surface area contributed by atoms with E-state index in [1.54, 1.807) is 19.9 Å². The molecule has 3 rings (SSSR count). The van der Waals surface area contributed by atoms with Crippen molar-refractivity contribution in [2.45, 2.75) is 20.3 Å². The molecule has 1 saturated heterocycles. The number of rotatable bonds is 3. The molecule has 1 aromatic heterocycles. The number of aromatic nitrogens is 3. The zero-order valence-electron chi connectivity index (χ0n) is 13.4. The van der Waals surface area contributed by atoms with Crippen LogP contribution in [0, 0.1) is 18.2 Å². The van der Waals surface area contributed by atoms with Crippen LogP contribution < -0.4 is 0 Å². The maximum atomic E-state index is 13.2. The first-order valence-corrected chi connectivity index (χ1v) is 7.52. The largest absolute Gasteiger partial charge is 0.481 e. The number of benzene rings is 1. The van der Waals surface area contributed by atoms with Gasteiger partial charge in [-0.3, -0.25) is 9.59 Å².